The molecule has 126 valence electrons. The van der Waals surface area contributed by atoms with Crippen LogP contribution in [0.3, 0.4) is 0 Å². The maximum Gasteiger partial charge on any atom is 0.293 e. The molecule has 2 aromatic rings. The van der Waals surface area contributed by atoms with Gasteiger partial charge in [-0.15, -0.1) is 0 Å². The van der Waals surface area contributed by atoms with Gasteiger partial charge in [0.25, 0.3) is 11.6 Å². The Morgan fingerprint density at radius 2 is 1.92 bits per heavy atom. The first-order valence-corrected chi connectivity index (χ1v) is 7.70. The number of carbonyl (C=O) groups is 1. The van der Waals surface area contributed by atoms with Crippen molar-refractivity contribution >= 4 is 28.7 Å². The maximum atomic E-state index is 12.0. The van der Waals surface area contributed by atoms with Crippen molar-refractivity contribution in [3.8, 4) is 0 Å². The van der Waals surface area contributed by atoms with Crippen molar-refractivity contribution in [1.29, 1.82) is 0 Å². The number of carbonyl (C=O) groups excluding carboxylic acids is 1. The van der Waals surface area contributed by atoms with Crippen molar-refractivity contribution in [2.45, 2.75) is 19.8 Å². The second kappa shape index (κ2) is 7.96. The quantitative estimate of drug-likeness (QED) is 0.312. The molecule has 0 saturated carbocycles. The highest BCUT2D eigenvalue weighted by Crippen LogP contribution is 2.29. The summed E-state index contributed by atoms with van der Waals surface area (Å²) in [5.74, 6) is -0.314. The van der Waals surface area contributed by atoms with Crippen molar-refractivity contribution in [2.24, 2.45) is 0 Å². The van der Waals surface area contributed by atoms with E-state index < -0.39 is 4.92 Å². The van der Waals surface area contributed by atoms with E-state index in [-0.39, 0.29) is 17.2 Å². The normalized spacial score (nSPS) is 10.2. The Labute approximate surface area is 140 Å². The van der Waals surface area contributed by atoms with Gasteiger partial charge in [-0.25, -0.2) is 0 Å². The molecule has 2 rings (SSSR count). The lowest BCUT2D eigenvalue weighted by molar-refractivity contribution is -0.383. The van der Waals surface area contributed by atoms with E-state index in [4.69, 9.17) is 5.73 Å². The van der Waals surface area contributed by atoms with E-state index >= 15 is 0 Å². The largest absolute Gasteiger partial charge is 0.399 e. The Morgan fingerprint density at radius 3 is 2.54 bits per heavy atom. The van der Waals surface area contributed by atoms with Crippen LogP contribution < -0.4 is 16.4 Å². The van der Waals surface area contributed by atoms with Gasteiger partial charge >= 0.3 is 0 Å². The molecule has 0 fully saturated rings. The molecule has 0 aliphatic carbocycles. The van der Waals surface area contributed by atoms with Crippen LogP contribution in [0.15, 0.2) is 42.5 Å². The molecule has 24 heavy (non-hydrogen) atoms. The van der Waals surface area contributed by atoms with Gasteiger partial charge in [0.05, 0.1) is 4.92 Å². The monoisotopic (exact) mass is 328 g/mol. The van der Waals surface area contributed by atoms with Crippen molar-refractivity contribution in [3.63, 3.8) is 0 Å². The van der Waals surface area contributed by atoms with E-state index in [0.717, 1.165) is 12.8 Å². The number of nitrogens with two attached hydrogens (primary N) is 1. The van der Waals surface area contributed by atoms with Crippen LogP contribution in [0.25, 0.3) is 0 Å². The van der Waals surface area contributed by atoms with Gasteiger partial charge < -0.3 is 16.4 Å². The van der Waals surface area contributed by atoms with Crippen molar-refractivity contribution in [1.82, 2.24) is 5.32 Å². The minimum atomic E-state index is -0.511. The van der Waals surface area contributed by atoms with Crippen LogP contribution in [0.2, 0.25) is 0 Å². The second-order valence-corrected chi connectivity index (χ2v) is 5.35. The molecule has 0 radical (unpaired) electrons. The third kappa shape index (κ3) is 4.45. The molecule has 0 aliphatic rings. The molecule has 0 spiro atoms. The van der Waals surface area contributed by atoms with Gasteiger partial charge in [-0.05, 0) is 42.8 Å². The SMILES string of the molecule is CCCCNC(=O)c1ccc(Nc2ccc(N)cc2)c([N+](=O)[O-])c1. The van der Waals surface area contributed by atoms with E-state index in [9.17, 15) is 14.9 Å². The summed E-state index contributed by atoms with van der Waals surface area (Å²) >= 11 is 0. The Bertz CT molecular complexity index is 729. The number of nitro groups is 1. The van der Waals surface area contributed by atoms with Gasteiger partial charge in [0.2, 0.25) is 0 Å². The maximum absolute atomic E-state index is 12.0. The summed E-state index contributed by atoms with van der Waals surface area (Å²) in [5, 5.41) is 17.0. The standard InChI is InChI=1S/C17H20N4O3/c1-2-3-10-19-17(22)12-4-9-15(16(11-12)21(23)24)20-14-7-5-13(18)6-8-14/h4-9,11,20H,2-3,10,18H2,1H3,(H,19,22). The summed E-state index contributed by atoms with van der Waals surface area (Å²) in [7, 11) is 0. The molecule has 0 atom stereocenters. The molecular weight excluding hydrogens is 308 g/mol. The molecule has 7 heteroatoms. The number of nitrogens with one attached hydrogen (secondary N) is 2. The first kappa shape index (κ1) is 17.3. The number of amides is 1. The lowest BCUT2D eigenvalue weighted by Crippen LogP contribution is -2.24. The third-order valence-corrected chi connectivity index (χ3v) is 3.46. The van der Waals surface area contributed by atoms with Crippen molar-refractivity contribution in [2.75, 3.05) is 17.6 Å². The minimum absolute atomic E-state index is 0.157. The highest BCUT2D eigenvalue weighted by molar-refractivity contribution is 5.95. The van der Waals surface area contributed by atoms with Crippen LogP contribution in [0.4, 0.5) is 22.7 Å². The fraction of sp³-hybridized carbons (Fsp3) is 0.235. The van der Waals surface area contributed by atoms with Crippen LogP contribution in [0.1, 0.15) is 30.1 Å². The molecule has 0 bridgehead atoms. The molecule has 0 aromatic heterocycles. The number of hydrogen-bond donors (Lipinski definition) is 3. The van der Waals surface area contributed by atoms with Gasteiger partial charge in [-0.2, -0.15) is 0 Å². The predicted octanol–water partition coefficient (Wildman–Crippen LogP) is 3.45. The van der Waals surface area contributed by atoms with Gasteiger partial charge in [0.15, 0.2) is 0 Å². The van der Waals surface area contributed by atoms with E-state index in [1.807, 2.05) is 6.92 Å². The summed E-state index contributed by atoms with van der Waals surface area (Å²) < 4.78 is 0. The van der Waals surface area contributed by atoms with E-state index in [0.29, 0.717) is 23.6 Å². The first-order valence-electron chi connectivity index (χ1n) is 7.70. The number of hydrogen-bond acceptors (Lipinski definition) is 5. The molecule has 0 saturated heterocycles. The number of nitro benzene ring substituents is 1. The van der Waals surface area contributed by atoms with Gasteiger partial charge in [0, 0.05) is 29.5 Å². The van der Waals surface area contributed by atoms with Crippen molar-refractivity contribution in [3.05, 3.63) is 58.1 Å². The van der Waals surface area contributed by atoms with Crippen molar-refractivity contribution < 1.29 is 9.72 Å². The average Bonchev–Trinajstić information content (AvgIpc) is 2.57. The highest BCUT2D eigenvalue weighted by atomic mass is 16.6. The number of anilines is 3. The van der Waals surface area contributed by atoms with Crippen LogP contribution in [0, 0.1) is 10.1 Å². The van der Waals surface area contributed by atoms with E-state index in [2.05, 4.69) is 10.6 Å². The average molecular weight is 328 g/mol. The number of unbranched alkanes of at least 4 members (excludes halogenated alkanes) is 1. The lowest BCUT2D eigenvalue weighted by Gasteiger charge is -2.09. The number of nitrogens with zero attached hydrogens (tertiary/aromatic N) is 1. The minimum Gasteiger partial charge on any atom is -0.399 e. The predicted molar refractivity (Wildman–Crippen MR) is 94.5 cm³/mol. The van der Waals surface area contributed by atoms with Crippen LogP contribution in [-0.2, 0) is 0 Å². The molecule has 4 N–H and O–H groups in total. The number of nitrogen functional groups attached to an aromatic ring is 1. The summed E-state index contributed by atoms with van der Waals surface area (Å²) in [6.45, 7) is 2.57. The molecule has 0 heterocycles. The third-order valence-electron chi connectivity index (χ3n) is 3.46. The Hall–Kier alpha value is -3.09. The Kier molecular flexibility index (Phi) is 5.73. The zero-order valence-electron chi connectivity index (χ0n) is 13.4. The number of benzene rings is 2. The molecular formula is C17H20N4O3. The van der Waals surface area contributed by atoms with Crippen LogP contribution >= 0.6 is 0 Å². The zero-order valence-corrected chi connectivity index (χ0v) is 13.4. The zero-order chi connectivity index (χ0) is 17.5. The number of rotatable bonds is 7. The highest BCUT2D eigenvalue weighted by Gasteiger charge is 2.17. The lowest BCUT2D eigenvalue weighted by atomic mass is 10.1. The molecule has 7 nitrogen and oxygen atoms in total. The van der Waals surface area contributed by atoms with E-state index in [1.165, 1.54) is 12.1 Å². The smallest absolute Gasteiger partial charge is 0.293 e. The summed E-state index contributed by atoms with van der Waals surface area (Å²) in [5.41, 5.74) is 7.32. The fourth-order valence-corrected chi connectivity index (χ4v) is 2.13. The summed E-state index contributed by atoms with van der Waals surface area (Å²) in [4.78, 5) is 22.8. The Balaban J connectivity index is 2.21. The summed E-state index contributed by atoms with van der Waals surface area (Å²) in [6.07, 6.45) is 1.83. The molecule has 1 amide bonds. The fourth-order valence-electron chi connectivity index (χ4n) is 2.13. The van der Waals surface area contributed by atoms with Crippen LogP contribution in [0.5, 0.6) is 0 Å². The van der Waals surface area contributed by atoms with Gasteiger partial charge in [-0.3, -0.25) is 14.9 Å². The van der Waals surface area contributed by atoms with Crippen LogP contribution in [-0.4, -0.2) is 17.4 Å². The Morgan fingerprint density at radius 1 is 1.21 bits per heavy atom. The topological polar surface area (TPSA) is 110 Å². The second-order valence-electron chi connectivity index (χ2n) is 5.35. The first-order chi connectivity index (χ1) is 11.5. The van der Waals surface area contributed by atoms with E-state index in [1.54, 1.807) is 30.3 Å². The summed E-state index contributed by atoms with van der Waals surface area (Å²) in [6, 6.07) is 11.2. The van der Waals surface area contributed by atoms with Gasteiger partial charge in [-0.1, -0.05) is 13.3 Å². The molecule has 0 aliphatic heterocycles. The molecule has 0 unspecified atom stereocenters. The van der Waals surface area contributed by atoms with Gasteiger partial charge in [0.1, 0.15) is 5.69 Å². The molecule has 2 aromatic carbocycles.